The lowest BCUT2D eigenvalue weighted by atomic mass is 10.3. The number of rotatable bonds is 1. The van der Waals surface area contributed by atoms with Crippen LogP contribution in [0, 0.1) is 11.6 Å². The number of thiol groups is 1. The Morgan fingerprint density at radius 1 is 0.955 bits per heavy atom. The van der Waals surface area contributed by atoms with Crippen molar-refractivity contribution in [2.24, 2.45) is 0 Å². The Morgan fingerprint density at radius 2 is 1.41 bits per heavy atom. The van der Waals surface area contributed by atoms with Crippen LogP contribution in [-0.2, 0) is 9.05 Å². The zero-order valence-electron chi connectivity index (χ0n) is 10.0. The third-order valence-electron chi connectivity index (χ3n) is 2.08. The summed E-state index contributed by atoms with van der Waals surface area (Å²) < 4.78 is 47.3. The van der Waals surface area contributed by atoms with Crippen LogP contribution in [0.4, 0.5) is 8.78 Å². The van der Waals surface area contributed by atoms with Crippen molar-refractivity contribution in [3.05, 3.63) is 57.0 Å². The highest BCUT2D eigenvalue weighted by molar-refractivity contribution is 9.10. The lowest BCUT2D eigenvalue weighted by Gasteiger charge is -1.96. The molecule has 22 heavy (non-hydrogen) atoms. The van der Waals surface area contributed by atoms with Crippen molar-refractivity contribution in [1.29, 1.82) is 0 Å². The van der Waals surface area contributed by atoms with E-state index in [0.29, 0.717) is 9.37 Å². The minimum absolute atomic E-state index is 0. The molecule has 0 aliphatic carbocycles. The molecule has 2 aromatic rings. The maximum absolute atomic E-state index is 12.7. The third kappa shape index (κ3) is 6.95. The fourth-order valence-electron chi connectivity index (χ4n) is 1.11. The van der Waals surface area contributed by atoms with E-state index in [-0.39, 0.29) is 22.6 Å². The second-order valence-corrected chi connectivity index (χ2v) is 8.40. The Labute approximate surface area is 155 Å². The third-order valence-corrected chi connectivity index (χ3v) is 4.99. The molecule has 2 aromatic carbocycles. The summed E-state index contributed by atoms with van der Waals surface area (Å²) in [4.78, 5) is 0.389. The van der Waals surface area contributed by atoms with Crippen LogP contribution >= 0.6 is 55.2 Å². The second-order valence-electron chi connectivity index (χ2n) is 3.61. The van der Waals surface area contributed by atoms with Gasteiger partial charge in [0.2, 0.25) is 0 Å². The minimum Gasteiger partial charge on any atom is -0.207 e. The first-order chi connectivity index (χ1) is 9.61. The molecule has 0 heterocycles. The van der Waals surface area contributed by atoms with Crippen LogP contribution in [0.25, 0.3) is 0 Å². The van der Waals surface area contributed by atoms with E-state index >= 15 is 0 Å². The first-order valence-electron chi connectivity index (χ1n) is 5.15. The topological polar surface area (TPSA) is 34.1 Å². The standard InChI is InChI=1S/C6H3BrClFO2S.C6H4BrFS.CH4/c7-5-2-1-4(3-6(5)9)12(8,10)11;7-5-2-1-4(9)3-6(5)8;/h1-3H;1-3,9H;1H4. The fourth-order valence-corrected chi connectivity index (χ4v) is 2.56. The summed E-state index contributed by atoms with van der Waals surface area (Å²) in [6, 6.07) is 8.05. The van der Waals surface area contributed by atoms with Crippen LogP contribution in [0.3, 0.4) is 0 Å². The molecule has 0 aliphatic rings. The van der Waals surface area contributed by atoms with Crippen molar-refractivity contribution in [1.82, 2.24) is 0 Å². The summed E-state index contributed by atoms with van der Waals surface area (Å²) in [5, 5.41) is 0. The normalized spacial score (nSPS) is 10.3. The molecule has 0 aromatic heterocycles. The largest absolute Gasteiger partial charge is 0.261 e. The van der Waals surface area contributed by atoms with Crippen molar-refractivity contribution >= 4 is 64.2 Å². The molecule has 0 N–H and O–H groups in total. The van der Waals surface area contributed by atoms with E-state index in [1.807, 2.05) is 0 Å². The lowest BCUT2D eigenvalue weighted by Crippen LogP contribution is -1.91. The van der Waals surface area contributed by atoms with Crippen molar-refractivity contribution in [2.45, 2.75) is 17.2 Å². The highest BCUT2D eigenvalue weighted by Crippen LogP contribution is 2.21. The molecule has 0 saturated heterocycles. The molecule has 122 valence electrons. The van der Waals surface area contributed by atoms with Gasteiger partial charge in [-0.3, -0.25) is 0 Å². The van der Waals surface area contributed by atoms with E-state index in [0.717, 1.165) is 6.07 Å². The molecule has 0 amide bonds. The molecule has 0 spiro atoms. The minimum atomic E-state index is -3.83. The quantitative estimate of drug-likeness (QED) is 0.387. The Bertz CT molecular complexity index is 756. The van der Waals surface area contributed by atoms with Crippen LogP contribution in [0.15, 0.2) is 55.1 Å². The van der Waals surface area contributed by atoms with Gasteiger partial charge in [-0.1, -0.05) is 7.43 Å². The van der Waals surface area contributed by atoms with Gasteiger partial charge < -0.3 is 0 Å². The summed E-state index contributed by atoms with van der Waals surface area (Å²) in [5.74, 6) is -0.931. The Hall–Kier alpha value is -0.150. The van der Waals surface area contributed by atoms with Crippen LogP contribution in [0.1, 0.15) is 7.43 Å². The second kappa shape index (κ2) is 9.22. The molecular formula is C13H11Br2ClF2O2S2. The molecule has 0 unspecified atom stereocenters. The fraction of sp³-hybridized carbons (Fsp3) is 0.0769. The summed E-state index contributed by atoms with van der Waals surface area (Å²) >= 11 is 9.84. The van der Waals surface area contributed by atoms with Crippen molar-refractivity contribution in [3.63, 3.8) is 0 Å². The molecule has 0 aliphatic heterocycles. The van der Waals surface area contributed by atoms with Crippen molar-refractivity contribution < 1.29 is 17.2 Å². The van der Waals surface area contributed by atoms with E-state index in [9.17, 15) is 17.2 Å². The van der Waals surface area contributed by atoms with E-state index in [2.05, 4.69) is 44.5 Å². The van der Waals surface area contributed by atoms with Crippen LogP contribution in [0.5, 0.6) is 0 Å². The van der Waals surface area contributed by atoms with Gasteiger partial charge >= 0.3 is 0 Å². The molecular weight excluding hydrogens is 486 g/mol. The Balaban J connectivity index is 0.000000397. The molecule has 0 fully saturated rings. The monoisotopic (exact) mass is 494 g/mol. The van der Waals surface area contributed by atoms with Gasteiger partial charge in [0.05, 0.1) is 13.8 Å². The van der Waals surface area contributed by atoms with Crippen LogP contribution in [-0.4, -0.2) is 8.42 Å². The summed E-state index contributed by atoms with van der Waals surface area (Å²) in [6.45, 7) is 0. The average molecular weight is 497 g/mol. The van der Waals surface area contributed by atoms with Gasteiger partial charge in [-0.15, -0.1) is 12.6 Å². The number of hydrogen-bond acceptors (Lipinski definition) is 3. The first-order valence-corrected chi connectivity index (χ1v) is 9.49. The van der Waals surface area contributed by atoms with Gasteiger partial charge in [-0.05, 0) is 68.3 Å². The van der Waals surface area contributed by atoms with Gasteiger partial charge in [0.25, 0.3) is 9.05 Å². The highest BCUT2D eigenvalue weighted by atomic mass is 79.9. The molecule has 2 rings (SSSR count). The molecule has 0 saturated carbocycles. The Kier molecular flexibility index (Phi) is 9.16. The summed E-state index contributed by atoms with van der Waals surface area (Å²) in [7, 11) is 1.14. The number of hydrogen-bond donors (Lipinski definition) is 1. The van der Waals surface area contributed by atoms with E-state index in [1.54, 1.807) is 12.1 Å². The highest BCUT2D eigenvalue weighted by Gasteiger charge is 2.11. The maximum atomic E-state index is 12.7. The van der Waals surface area contributed by atoms with Gasteiger partial charge in [-0.25, -0.2) is 17.2 Å². The van der Waals surface area contributed by atoms with Gasteiger partial charge in [0.1, 0.15) is 11.6 Å². The van der Waals surface area contributed by atoms with E-state index < -0.39 is 14.9 Å². The van der Waals surface area contributed by atoms with Gasteiger partial charge in [0.15, 0.2) is 0 Å². The van der Waals surface area contributed by atoms with E-state index in [1.165, 1.54) is 18.2 Å². The maximum Gasteiger partial charge on any atom is 0.261 e. The zero-order chi connectivity index (χ0) is 16.2. The van der Waals surface area contributed by atoms with Crippen LogP contribution in [0.2, 0.25) is 0 Å². The zero-order valence-corrected chi connectivity index (χ0v) is 15.7. The summed E-state index contributed by atoms with van der Waals surface area (Å²) in [5.41, 5.74) is 0. The van der Waals surface area contributed by atoms with Gasteiger partial charge in [-0.2, -0.15) is 0 Å². The van der Waals surface area contributed by atoms with Crippen LogP contribution < -0.4 is 0 Å². The number of benzene rings is 2. The molecule has 0 bridgehead atoms. The molecule has 9 heteroatoms. The summed E-state index contributed by atoms with van der Waals surface area (Å²) in [6.07, 6.45) is 0. The molecule has 0 radical (unpaired) electrons. The Morgan fingerprint density at radius 3 is 1.77 bits per heavy atom. The average Bonchev–Trinajstić information content (AvgIpc) is 2.37. The number of halogens is 5. The first kappa shape index (κ1) is 21.9. The smallest absolute Gasteiger partial charge is 0.207 e. The molecule has 0 atom stereocenters. The van der Waals surface area contributed by atoms with Crippen molar-refractivity contribution in [2.75, 3.05) is 0 Å². The van der Waals surface area contributed by atoms with E-state index in [4.69, 9.17) is 10.7 Å². The predicted octanol–water partition coefficient (Wildman–Crippen LogP) is 6.03. The van der Waals surface area contributed by atoms with Gasteiger partial charge in [0, 0.05) is 15.6 Å². The predicted molar refractivity (Wildman–Crippen MR) is 95.2 cm³/mol. The van der Waals surface area contributed by atoms with Crippen molar-refractivity contribution in [3.8, 4) is 0 Å². The SMILES string of the molecule is C.Fc1cc(S)ccc1Br.O=S(=O)(Cl)c1ccc(Br)c(F)c1. The molecule has 2 nitrogen and oxygen atoms in total. The lowest BCUT2D eigenvalue weighted by molar-refractivity contribution is 0.600.